The monoisotopic (exact) mass is 232 g/mol. The molecule has 88 valence electrons. The average Bonchev–Trinajstić information content (AvgIpc) is 2.12. The van der Waals surface area contributed by atoms with Crippen LogP contribution in [0.15, 0.2) is 12.1 Å². The van der Waals surface area contributed by atoms with Crippen LogP contribution in [-0.4, -0.2) is 12.1 Å². The Morgan fingerprint density at radius 3 is 2.25 bits per heavy atom. The minimum Gasteiger partial charge on any atom is -0.336 e. The third kappa shape index (κ3) is 3.15. The maximum Gasteiger partial charge on any atom is 0.319 e. The van der Waals surface area contributed by atoms with Gasteiger partial charge in [-0.25, -0.2) is 18.0 Å². The van der Waals surface area contributed by atoms with E-state index < -0.39 is 29.2 Å². The van der Waals surface area contributed by atoms with Crippen molar-refractivity contribution in [1.82, 2.24) is 5.32 Å². The third-order valence-corrected chi connectivity index (χ3v) is 1.68. The van der Waals surface area contributed by atoms with Gasteiger partial charge in [-0.3, -0.25) is 0 Å². The lowest BCUT2D eigenvalue weighted by Crippen LogP contribution is -2.34. The van der Waals surface area contributed by atoms with Gasteiger partial charge in [0.05, 0.1) is 5.69 Å². The Balaban J connectivity index is 2.81. The summed E-state index contributed by atoms with van der Waals surface area (Å²) in [6.07, 6.45) is 0. The highest BCUT2D eigenvalue weighted by molar-refractivity contribution is 5.89. The van der Waals surface area contributed by atoms with E-state index in [4.69, 9.17) is 0 Å². The van der Waals surface area contributed by atoms with Gasteiger partial charge < -0.3 is 10.6 Å². The number of amides is 2. The fraction of sp³-hybridized carbons (Fsp3) is 0.300. The van der Waals surface area contributed by atoms with E-state index in [2.05, 4.69) is 10.6 Å². The van der Waals surface area contributed by atoms with Crippen molar-refractivity contribution in [3.05, 3.63) is 29.6 Å². The second kappa shape index (κ2) is 4.87. The highest BCUT2D eigenvalue weighted by Gasteiger charge is 2.12. The van der Waals surface area contributed by atoms with Gasteiger partial charge in [0.15, 0.2) is 11.6 Å². The number of hydrogen-bond acceptors (Lipinski definition) is 1. The van der Waals surface area contributed by atoms with Gasteiger partial charge in [-0.15, -0.1) is 0 Å². The van der Waals surface area contributed by atoms with E-state index in [-0.39, 0.29) is 6.04 Å². The molecule has 0 radical (unpaired) electrons. The van der Waals surface area contributed by atoms with Crippen LogP contribution in [0.2, 0.25) is 0 Å². The molecule has 0 fully saturated rings. The van der Waals surface area contributed by atoms with Gasteiger partial charge in [-0.2, -0.15) is 0 Å². The lowest BCUT2D eigenvalue weighted by molar-refractivity contribution is 0.250. The molecule has 0 aliphatic rings. The summed E-state index contributed by atoms with van der Waals surface area (Å²) in [6, 6.07) is 0.138. The maximum atomic E-state index is 13.1. The van der Waals surface area contributed by atoms with Crippen LogP contribution in [0, 0.1) is 17.5 Å². The molecule has 0 saturated heterocycles. The van der Waals surface area contributed by atoms with Gasteiger partial charge in [0.2, 0.25) is 0 Å². The fourth-order valence-corrected chi connectivity index (χ4v) is 1.04. The summed E-state index contributed by atoms with van der Waals surface area (Å²) in [4.78, 5) is 11.2. The summed E-state index contributed by atoms with van der Waals surface area (Å²) in [5.41, 5.74) is -0.406. The largest absolute Gasteiger partial charge is 0.336 e. The number of hydrogen-bond donors (Lipinski definition) is 2. The molecule has 0 saturated carbocycles. The molecule has 2 N–H and O–H groups in total. The number of urea groups is 1. The zero-order valence-corrected chi connectivity index (χ0v) is 8.77. The van der Waals surface area contributed by atoms with E-state index in [1.807, 2.05) is 0 Å². The molecule has 0 unspecified atom stereocenters. The van der Waals surface area contributed by atoms with Gasteiger partial charge in [0.1, 0.15) is 5.82 Å². The fourth-order valence-electron chi connectivity index (χ4n) is 1.04. The average molecular weight is 232 g/mol. The number of anilines is 1. The Morgan fingerprint density at radius 2 is 1.69 bits per heavy atom. The topological polar surface area (TPSA) is 41.1 Å². The minimum absolute atomic E-state index is 0.145. The second-order valence-electron chi connectivity index (χ2n) is 3.50. The van der Waals surface area contributed by atoms with Crippen LogP contribution >= 0.6 is 0 Å². The number of carbonyl (C=O) groups excluding carboxylic acids is 1. The van der Waals surface area contributed by atoms with Crippen molar-refractivity contribution in [2.75, 3.05) is 5.32 Å². The van der Waals surface area contributed by atoms with Crippen LogP contribution in [0.4, 0.5) is 23.7 Å². The zero-order chi connectivity index (χ0) is 12.3. The summed E-state index contributed by atoms with van der Waals surface area (Å²) in [7, 11) is 0. The van der Waals surface area contributed by atoms with Crippen LogP contribution in [0.3, 0.4) is 0 Å². The molecule has 6 heteroatoms. The van der Waals surface area contributed by atoms with Crippen molar-refractivity contribution < 1.29 is 18.0 Å². The standard InChI is InChI=1S/C10H11F3N2O/c1-5(2)14-10(16)15-9-4-7(12)6(11)3-8(9)13/h3-5H,1-2H3,(H2,14,15,16). The predicted molar refractivity (Wildman–Crippen MR) is 53.6 cm³/mol. The van der Waals surface area contributed by atoms with Crippen LogP contribution in [-0.2, 0) is 0 Å². The predicted octanol–water partition coefficient (Wildman–Crippen LogP) is 2.63. The van der Waals surface area contributed by atoms with E-state index in [1.165, 1.54) is 0 Å². The lowest BCUT2D eigenvalue weighted by Gasteiger charge is -2.10. The molecule has 0 atom stereocenters. The first kappa shape index (κ1) is 12.4. The number of halogens is 3. The molecular weight excluding hydrogens is 221 g/mol. The highest BCUT2D eigenvalue weighted by Crippen LogP contribution is 2.18. The Bertz CT molecular complexity index is 407. The lowest BCUT2D eigenvalue weighted by atomic mass is 10.3. The Kier molecular flexibility index (Phi) is 3.76. The molecule has 0 aliphatic carbocycles. The Morgan fingerprint density at radius 1 is 1.12 bits per heavy atom. The molecule has 2 amide bonds. The van der Waals surface area contributed by atoms with Crippen LogP contribution in [0.5, 0.6) is 0 Å². The first-order valence-electron chi connectivity index (χ1n) is 4.62. The third-order valence-electron chi connectivity index (χ3n) is 1.68. The molecule has 1 aromatic carbocycles. The minimum atomic E-state index is -1.30. The molecule has 1 rings (SSSR count). The van der Waals surface area contributed by atoms with Gasteiger partial charge in [0.25, 0.3) is 0 Å². The molecule has 16 heavy (non-hydrogen) atoms. The number of benzene rings is 1. The van der Waals surface area contributed by atoms with E-state index >= 15 is 0 Å². The van der Waals surface area contributed by atoms with Crippen molar-refractivity contribution in [3.63, 3.8) is 0 Å². The summed E-state index contributed by atoms with van der Waals surface area (Å²) in [6.45, 7) is 3.42. The molecule has 3 nitrogen and oxygen atoms in total. The van der Waals surface area contributed by atoms with Crippen LogP contribution in [0.1, 0.15) is 13.8 Å². The molecule has 0 bridgehead atoms. The van der Waals surface area contributed by atoms with E-state index in [0.29, 0.717) is 12.1 Å². The van der Waals surface area contributed by atoms with Gasteiger partial charge in [-0.1, -0.05) is 0 Å². The Hall–Kier alpha value is -1.72. The molecule has 1 aromatic rings. The van der Waals surface area contributed by atoms with Crippen LogP contribution in [0.25, 0.3) is 0 Å². The zero-order valence-electron chi connectivity index (χ0n) is 8.77. The summed E-state index contributed by atoms with van der Waals surface area (Å²) < 4.78 is 38.4. The van der Waals surface area contributed by atoms with E-state index in [1.54, 1.807) is 13.8 Å². The molecule has 0 spiro atoms. The normalized spacial score (nSPS) is 10.4. The smallest absolute Gasteiger partial charge is 0.319 e. The molecule has 0 heterocycles. The van der Waals surface area contributed by atoms with Crippen LogP contribution < -0.4 is 10.6 Å². The second-order valence-corrected chi connectivity index (χ2v) is 3.50. The summed E-state index contributed by atoms with van der Waals surface area (Å²) in [5, 5.41) is 4.50. The van der Waals surface area contributed by atoms with Gasteiger partial charge in [0, 0.05) is 18.2 Å². The summed E-state index contributed by atoms with van der Waals surface area (Å²) in [5.74, 6) is -3.55. The van der Waals surface area contributed by atoms with Crippen molar-refractivity contribution in [2.45, 2.75) is 19.9 Å². The number of carbonyl (C=O) groups is 1. The van der Waals surface area contributed by atoms with E-state index in [9.17, 15) is 18.0 Å². The van der Waals surface area contributed by atoms with E-state index in [0.717, 1.165) is 0 Å². The number of nitrogens with one attached hydrogen (secondary N) is 2. The summed E-state index contributed by atoms with van der Waals surface area (Å²) >= 11 is 0. The maximum absolute atomic E-state index is 13.1. The molecular formula is C10H11F3N2O. The highest BCUT2D eigenvalue weighted by atomic mass is 19.2. The Labute approximate surface area is 90.6 Å². The van der Waals surface area contributed by atoms with Crippen molar-refractivity contribution in [2.24, 2.45) is 0 Å². The first-order valence-corrected chi connectivity index (χ1v) is 4.62. The van der Waals surface area contributed by atoms with Crippen molar-refractivity contribution in [3.8, 4) is 0 Å². The van der Waals surface area contributed by atoms with Crippen molar-refractivity contribution in [1.29, 1.82) is 0 Å². The SMILES string of the molecule is CC(C)NC(=O)Nc1cc(F)c(F)cc1F. The number of rotatable bonds is 2. The van der Waals surface area contributed by atoms with Gasteiger partial charge >= 0.3 is 6.03 Å². The van der Waals surface area contributed by atoms with Gasteiger partial charge in [-0.05, 0) is 13.8 Å². The first-order chi connectivity index (χ1) is 7.40. The quantitative estimate of drug-likeness (QED) is 0.756. The molecule has 0 aliphatic heterocycles. The van der Waals surface area contributed by atoms with Crippen molar-refractivity contribution >= 4 is 11.7 Å². The molecule has 0 aromatic heterocycles.